The van der Waals surface area contributed by atoms with Crippen LogP contribution in [0.2, 0.25) is 0 Å². The number of amides is 1. The molecule has 0 radical (unpaired) electrons. The van der Waals surface area contributed by atoms with Gasteiger partial charge in [-0.1, -0.05) is 12.8 Å². The van der Waals surface area contributed by atoms with Gasteiger partial charge >= 0.3 is 0 Å². The molecule has 2 saturated heterocycles. The standard InChI is InChI=1S/C20H28N6O/c1-14-10-18(26-20(23-14)21-13-22-26)24-8-6-15(7-9-24)19(27)25-11-16-4-2-3-5-17(16)12-25/h10,13,15-17H,2-9,11-12H2,1H3. The number of nitrogens with zero attached hydrogens (tertiary/aromatic N) is 6. The minimum atomic E-state index is 0.176. The van der Waals surface area contributed by atoms with E-state index in [0.717, 1.165) is 62.4 Å². The van der Waals surface area contributed by atoms with E-state index in [1.165, 1.54) is 25.7 Å². The molecule has 2 aromatic heterocycles. The normalized spacial score (nSPS) is 26.6. The van der Waals surface area contributed by atoms with Crippen LogP contribution in [0.25, 0.3) is 5.78 Å². The third-order valence-electron chi connectivity index (χ3n) is 6.82. The van der Waals surface area contributed by atoms with Crippen LogP contribution in [0.4, 0.5) is 5.82 Å². The Balaban J connectivity index is 1.25. The number of anilines is 1. The minimum Gasteiger partial charge on any atom is -0.356 e. The molecular formula is C20H28N6O. The van der Waals surface area contributed by atoms with E-state index in [4.69, 9.17) is 0 Å². The first-order valence-corrected chi connectivity index (χ1v) is 10.4. The molecule has 1 amide bonds. The summed E-state index contributed by atoms with van der Waals surface area (Å²) < 4.78 is 1.81. The number of carbonyl (C=O) groups excluding carboxylic acids is 1. The van der Waals surface area contributed by atoms with Gasteiger partial charge in [-0.3, -0.25) is 4.79 Å². The molecule has 7 nitrogen and oxygen atoms in total. The number of aromatic nitrogens is 4. The van der Waals surface area contributed by atoms with Gasteiger partial charge in [0.1, 0.15) is 12.1 Å². The van der Waals surface area contributed by atoms with E-state index < -0.39 is 0 Å². The van der Waals surface area contributed by atoms with Crippen molar-refractivity contribution in [3.8, 4) is 0 Å². The number of carbonyl (C=O) groups is 1. The zero-order chi connectivity index (χ0) is 18.4. The maximum Gasteiger partial charge on any atom is 0.254 e. The minimum absolute atomic E-state index is 0.176. The van der Waals surface area contributed by atoms with Crippen molar-refractivity contribution in [2.24, 2.45) is 17.8 Å². The molecule has 2 atom stereocenters. The summed E-state index contributed by atoms with van der Waals surface area (Å²) in [5, 5.41) is 4.32. The van der Waals surface area contributed by atoms with E-state index >= 15 is 0 Å². The van der Waals surface area contributed by atoms with Crippen LogP contribution in [-0.2, 0) is 4.79 Å². The second-order valence-corrected chi connectivity index (χ2v) is 8.54. The highest BCUT2D eigenvalue weighted by Crippen LogP contribution is 2.37. The molecule has 2 aromatic rings. The maximum absolute atomic E-state index is 13.1. The van der Waals surface area contributed by atoms with Crippen LogP contribution in [0.15, 0.2) is 12.4 Å². The van der Waals surface area contributed by atoms with Crippen LogP contribution < -0.4 is 4.90 Å². The van der Waals surface area contributed by atoms with Crippen LogP contribution in [0, 0.1) is 24.7 Å². The Morgan fingerprint density at radius 3 is 2.48 bits per heavy atom. The summed E-state index contributed by atoms with van der Waals surface area (Å²) >= 11 is 0. The molecular weight excluding hydrogens is 340 g/mol. The van der Waals surface area contributed by atoms with Gasteiger partial charge in [-0.05, 0) is 44.4 Å². The predicted molar refractivity (Wildman–Crippen MR) is 102 cm³/mol. The van der Waals surface area contributed by atoms with Gasteiger partial charge in [-0.15, -0.1) is 0 Å². The highest BCUT2D eigenvalue weighted by molar-refractivity contribution is 5.79. The van der Waals surface area contributed by atoms with Crippen LogP contribution >= 0.6 is 0 Å². The zero-order valence-corrected chi connectivity index (χ0v) is 16.0. The Morgan fingerprint density at radius 2 is 1.78 bits per heavy atom. The van der Waals surface area contributed by atoms with E-state index in [1.807, 2.05) is 6.92 Å². The van der Waals surface area contributed by atoms with Crippen LogP contribution in [0.1, 0.15) is 44.2 Å². The molecule has 144 valence electrons. The first kappa shape index (κ1) is 17.0. The molecule has 2 unspecified atom stereocenters. The van der Waals surface area contributed by atoms with Crippen molar-refractivity contribution < 1.29 is 4.79 Å². The van der Waals surface area contributed by atoms with E-state index in [9.17, 15) is 4.79 Å². The molecule has 0 N–H and O–H groups in total. The average Bonchev–Trinajstić information content (AvgIpc) is 3.33. The van der Waals surface area contributed by atoms with E-state index in [-0.39, 0.29) is 5.92 Å². The zero-order valence-electron chi connectivity index (χ0n) is 16.0. The molecule has 7 heteroatoms. The third-order valence-corrected chi connectivity index (χ3v) is 6.82. The lowest BCUT2D eigenvalue weighted by molar-refractivity contribution is -0.135. The first-order valence-electron chi connectivity index (χ1n) is 10.4. The van der Waals surface area contributed by atoms with Gasteiger partial charge in [0.05, 0.1) is 0 Å². The van der Waals surface area contributed by atoms with Gasteiger partial charge in [-0.2, -0.15) is 14.6 Å². The van der Waals surface area contributed by atoms with Crippen LogP contribution in [0.3, 0.4) is 0 Å². The number of fused-ring (bicyclic) bond motifs is 2. The Bertz CT molecular complexity index is 826. The highest BCUT2D eigenvalue weighted by atomic mass is 16.2. The topological polar surface area (TPSA) is 66.6 Å². The Hall–Kier alpha value is -2.18. The first-order chi connectivity index (χ1) is 13.2. The smallest absolute Gasteiger partial charge is 0.254 e. The molecule has 0 spiro atoms. The van der Waals surface area contributed by atoms with Gasteiger partial charge < -0.3 is 9.80 Å². The molecule has 27 heavy (non-hydrogen) atoms. The largest absolute Gasteiger partial charge is 0.356 e. The summed E-state index contributed by atoms with van der Waals surface area (Å²) in [6, 6.07) is 2.06. The summed E-state index contributed by atoms with van der Waals surface area (Å²) in [5.41, 5.74) is 0.948. The van der Waals surface area contributed by atoms with Crippen LogP contribution in [0.5, 0.6) is 0 Å². The molecule has 5 rings (SSSR count). The highest BCUT2D eigenvalue weighted by Gasteiger charge is 2.39. The molecule has 3 fully saturated rings. The second kappa shape index (κ2) is 6.77. The van der Waals surface area contributed by atoms with Crippen LogP contribution in [-0.4, -0.2) is 56.6 Å². The Kier molecular flexibility index (Phi) is 4.25. The van der Waals surface area contributed by atoms with Crippen molar-refractivity contribution in [3.63, 3.8) is 0 Å². The maximum atomic E-state index is 13.1. The summed E-state index contributed by atoms with van der Waals surface area (Å²) in [6.45, 7) is 5.77. The van der Waals surface area contributed by atoms with Crippen molar-refractivity contribution in [1.29, 1.82) is 0 Å². The summed E-state index contributed by atoms with van der Waals surface area (Å²) in [5.74, 6) is 3.79. The monoisotopic (exact) mass is 368 g/mol. The van der Waals surface area contributed by atoms with Gasteiger partial charge in [0, 0.05) is 43.9 Å². The molecule has 3 aliphatic rings. The average molecular weight is 368 g/mol. The Morgan fingerprint density at radius 1 is 1.07 bits per heavy atom. The van der Waals surface area contributed by atoms with E-state index in [2.05, 4.69) is 30.9 Å². The molecule has 1 aliphatic carbocycles. The van der Waals surface area contributed by atoms with Gasteiger partial charge in [0.15, 0.2) is 0 Å². The Labute approximate surface area is 159 Å². The number of hydrogen-bond acceptors (Lipinski definition) is 5. The number of rotatable bonds is 2. The van der Waals surface area contributed by atoms with Crippen molar-refractivity contribution >= 4 is 17.5 Å². The fourth-order valence-electron chi connectivity index (χ4n) is 5.34. The van der Waals surface area contributed by atoms with Crippen molar-refractivity contribution in [3.05, 3.63) is 18.1 Å². The van der Waals surface area contributed by atoms with Crippen molar-refractivity contribution in [2.45, 2.75) is 45.4 Å². The predicted octanol–water partition coefficient (Wildman–Crippen LogP) is 2.30. The second-order valence-electron chi connectivity index (χ2n) is 8.54. The molecule has 0 aromatic carbocycles. The fourth-order valence-corrected chi connectivity index (χ4v) is 5.34. The summed E-state index contributed by atoms with van der Waals surface area (Å²) in [6.07, 6.45) is 8.73. The van der Waals surface area contributed by atoms with Crippen molar-refractivity contribution in [1.82, 2.24) is 24.5 Å². The lowest BCUT2D eigenvalue weighted by atomic mass is 9.82. The molecule has 1 saturated carbocycles. The molecule has 2 aliphatic heterocycles. The number of likely N-dealkylation sites (tertiary alicyclic amines) is 1. The molecule has 0 bridgehead atoms. The SMILES string of the molecule is Cc1cc(N2CCC(C(=O)N3CC4CCCCC4C3)CC2)n2ncnc2n1. The van der Waals surface area contributed by atoms with E-state index in [1.54, 1.807) is 10.8 Å². The molecule has 4 heterocycles. The summed E-state index contributed by atoms with van der Waals surface area (Å²) in [7, 11) is 0. The van der Waals surface area contributed by atoms with E-state index in [0.29, 0.717) is 11.7 Å². The van der Waals surface area contributed by atoms with Crippen molar-refractivity contribution in [2.75, 3.05) is 31.1 Å². The number of aryl methyl sites for hydroxylation is 1. The third kappa shape index (κ3) is 3.07. The number of piperidine rings is 1. The van der Waals surface area contributed by atoms with Gasteiger partial charge in [-0.25, -0.2) is 4.98 Å². The summed E-state index contributed by atoms with van der Waals surface area (Å²) in [4.78, 5) is 26.2. The quantitative estimate of drug-likeness (QED) is 0.814. The van der Waals surface area contributed by atoms with Gasteiger partial charge in [0.2, 0.25) is 5.91 Å². The number of hydrogen-bond donors (Lipinski definition) is 0. The lowest BCUT2D eigenvalue weighted by Gasteiger charge is -2.34. The fraction of sp³-hybridized carbons (Fsp3) is 0.700. The van der Waals surface area contributed by atoms with Gasteiger partial charge in [0.25, 0.3) is 5.78 Å². The lowest BCUT2D eigenvalue weighted by Crippen LogP contribution is -2.42.